The number of hydrogen-bond acceptors (Lipinski definition) is 9. The van der Waals surface area contributed by atoms with E-state index in [9.17, 15) is 27.6 Å². The molecular formula is C39H38FN7O7S. The average molecular weight is 768 g/mol. The molecule has 55 heavy (non-hydrogen) atoms. The summed E-state index contributed by atoms with van der Waals surface area (Å²) in [6, 6.07) is 21.3. The Labute approximate surface area is 315 Å². The average Bonchev–Trinajstić information content (AvgIpc) is 3.63. The van der Waals surface area contributed by atoms with Crippen LogP contribution in [0.5, 0.6) is 5.75 Å². The molecule has 1 aromatic heterocycles. The van der Waals surface area contributed by atoms with Gasteiger partial charge >= 0.3 is 10.2 Å². The zero-order valence-corrected chi connectivity index (χ0v) is 30.7. The summed E-state index contributed by atoms with van der Waals surface area (Å²) >= 11 is 0. The number of rotatable bonds is 9. The summed E-state index contributed by atoms with van der Waals surface area (Å²) in [5, 5.41) is 11.4. The Morgan fingerprint density at radius 1 is 0.964 bits per heavy atom. The van der Waals surface area contributed by atoms with Crippen molar-refractivity contribution in [3.05, 3.63) is 89.9 Å². The summed E-state index contributed by atoms with van der Waals surface area (Å²) in [5.74, 6) is -2.81. The molecule has 0 radical (unpaired) electrons. The molecule has 0 aliphatic carbocycles. The quantitative estimate of drug-likeness (QED) is 0.184. The minimum Gasteiger partial charge on any atom is -0.487 e. The molecule has 3 saturated heterocycles. The standard InChI is InChI=1S/C39H38FN7O7S/c1-45-31-20-27(8-10-29(31)37(43-45)30-11-12-33(48)42-39(30)51)46-15-13-23(14-16-46)17-34(49)41-26-7-9-28-25(18-26)19-32(54-22-24-5-3-2-4-6-24)38(36(28)40)47-21-35(50)44-55(47,52)53/h2-10,18-20,23,30H,11-17,21-22H2,1H3,(H,41,49)(H,44,50)(H,42,48,51). The fraction of sp³-hybridized carbons (Fsp3) is 0.308. The Morgan fingerprint density at radius 2 is 1.73 bits per heavy atom. The third kappa shape index (κ3) is 7.16. The second-order valence-electron chi connectivity index (χ2n) is 14.2. The fourth-order valence-corrected chi connectivity index (χ4v) is 8.84. The Balaban J connectivity index is 0.938. The van der Waals surface area contributed by atoms with E-state index in [0.717, 1.165) is 48.1 Å². The summed E-state index contributed by atoms with van der Waals surface area (Å²) in [6.45, 7) is 0.927. The van der Waals surface area contributed by atoms with Gasteiger partial charge in [0.1, 0.15) is 24.6 Å². The number of benzene rings is 4. The second-order valence-corrected chi connectivity index (χ2v) is 15.8. The van der Waals surface area contributed by atoms with Crippen LogP contribution in [0.25, 0.3) is 21.7 Å². The summed E-state index contributed by atoms with van der Waals surface area (Å²) in [6.07, 6.45) is 2.60. The lowest BCUT2D eigenvalue weighted by molar-refractivity contribution is -0.134. The number of aromatic nitrogens is 2. The van der Waals surface area contributed by atoms with Gasteiger partial charge in [-0.15, -0.1) is 0 Å². The molecule has 4 heterocycles. The molecule has 3 aliphatic heterocycles. The molecule has 3 aliphatic rings. The first-order chi connectivity index (χ1) is 26.4. The Bertz CT molecular complexity index is 2480. The highest BCUT2D eigenvalue weighted by molar-refractivity contribution is 7.92. The Hall–Kier alpha value is -6.03. The number of aryl methyl sites for hydroxylation is 1. The van der Waals surface area contributed by atoms with Crippen molar-refractivity contribution in [3.63, 3.8) is 0 Å². The van der Waals surface area contributed by atoms with Crippen molar-refractivity contribution in [1.29, 1.82) is 0 Å². The monoisotopic (exact) mass is 767 g/mol. The number of amides is 4. The summed E-state index contributed by atoms with van der Waals surface area (Å²) in [7, 11) is -2.49. The largest absolute Gasteiger partial charge is 0.487 e. The predicted octanol–water partition coefficient (Wildman–Crippen LogP) is 4.39. The van der Waals surface area contributed by atoms with Crippen molar-refractivity contribution >= 4 is 72.6 Å². The molecular weight excluding hydrogens is 730 g/mol. The number of ether oxygens (including phenoxy) is 1. The van der Waals surface area contributed by atoms with Crippen LogP contribution in [0, 0.1) is 11.7 Å². The van der Waals surface area contributed by atoms with Gasteiger partial charge in [0.25, 0.3) is 5.91 Å². The lowest BCUT2D eigenvalue weighted by Crippen LogP contribution is -2.39. The predicted molar refractivity (Wildman–Crippen MR) is 203 cm³/mol. The van der Waals surface area contributed by atoms with Crippen LogP contribution in [0.4, 0.5) is 21.5 Å². The summed E-state index contributed by atoms with van der Waals surface area (Å²) in [4.78, 5) is 51.8. The number of halogens is 1. The van der Waals surface area contributed by atoms with Crippen molar-refractivity contribution in [2.75, 3.05) is 34.2 Å². The van der Waals surface area contributed by atoms with Crippen LogP contribution in [0.2, 0.25) is 0 Å². The van der Waals surface area contributed by atoms with Gasteiger partial charge in [0.2, 0.25) is 17.7 Å². The molecule has 0 saturated carbocycles. The number of hydrogen-bond donors (Lipinski definition) is 3. The number of imide groups is 1. The van der Waals surface area contributed by atoms with Crippen molar-refractivity contribution in [2.45, 2.75) is 44.6 Å². The maximum Gasteiger partial charge on any atom is 0.326 e. The van der Waals surface area contributed by atoms with Gasteiger partial charge in [-0.3, -0.25) is 29.2 Å². The first-order valence-corrected chi connectivity index (χ1v) is 19.5. The van der Waals surface area contributed by atoms with Crippen LogP contribution >= 0.6 is 0 Å². The van der Waals surface area contributed by atoms with Crippen LogP contribution in [0.3, 0.4) is 0 Å². The summed E-state index contributed by atoms with van der Waals surface area (Å²) < 4.78 is 52.0. The molecule has 1 unspecified atom stereocenters. The lowest BCUT2D eigenvalue weighted by Gasteiger charge is -2.33. The van der Waals surface area contributed by atoms with E-state index in [4.69, 9.17) is 4.74 Å². The van der Waals surface area contributed by atoms with Crippen LogP contribution in [0.1, 0.15) is 49.3 Å². The second kappa shape index (κ2) is 14.3. The highest BCUT2D eigenvalue weighted by Gasteiger charge is 2.38. The first-order valence-electron chi connectivity index (χ1n) is 18.0. The van der Waals surface area contributed by atoms with Crippen LogP contribution in [0.15, 0.2) is 72.8 Å². The molecule has 4 amide bonds. The molecule has 3 fully saturated rings. The van der Waals surface area contributed by atoms with Crippen molar-refractivity contribution < 1.29 is 36.7 Å². The lowest BCUT2D eigenvalue weighted by atomic mass is 9.92. The van der Waals surface area contributed by atoms with Crippen molar-refractivity contribution in [2.24, 2.45) is 13.0 Å². The third-order valence-corrected chi connectivity index (χ3v) is 11.9. The molecule has 0 spiro atoms. The van der Waals surface area contributed by atoms with E-state index in [-0.39, 0.29) is 53.5 Å². The minimum absolute atomic E-state index is 0.0206. The Kier molecular flexibility index (Phi) is 9.37. The molecule has 8 rings (SSSR count). The minimum atomic E-state index is -4.33. The Morgan fingerprint density at radius 3 is 2.45 bits per heavy atom. The van der Waals surface area contributed by atoms with E-state index < -0.39 is 34.4 Å². The smallest absolute Gasteiger partial charge is 0.326 e. The van der Waals surface area contributed by atoms with E-state index in [1.165, 1.54) is 12.1 Å². The third-order valence-electron chi connectivity index (χ3n) is 10.5. The molecule has 4 aromatic carbocycles. The van der Waals surface area contributed by atoms with Gasteiger partial charge in [-0.1, -0.05) is 30.3 Å². The van der Waals surface area contributed by atoms with E-state index >= 15 is 4.39 Å². The van der Waals surface area contributed by atoms with Crippen LogP contribution < -0.4 is 29.3 Å². The van der Waals surface area contributed by atoms with E-state index in [2.05, 4.69) is 26.7 Å². The number of piperidine rings is 2. The van der Waals surface area contributed by atoms with Gasteiger partial charge in [-0.25, -0.2) is 13.4 Å². The molecule has 16 heteroatoms. The molecule has 284 valence electrons. The number of nitrogens with one attached hydrogen (secondary N) is 3. The first kappa shape index (κ1) is 36.0. The highest BCUT2D eigenvalue weighted by atomic mass is 32.2. The number of carbonyl (C=O) groups excluding carboxylic acids is 4. The van der Waals surface area contributed by atoms with E-state index in [0.29, 0.717) is 33.9 Å². The molecule has 3 N–H and O–H groups in total. The van der Waals surface area contributed by atoms with Gasteiger partial charge in [-0.05, 0) is 78.6 Å². The summed E-state index contributed by atoms with van der Waals surface area (Å²) in [5.41, 5.74) is 3.44. The number of nitrogens with zero attached hydrogens (tertiary/aromatic N) is 4. The van der Waals surface area contributed by atoms with E-state index in [1.54, 1.807) is 16.8 Å². The molecule has 1 atom stereocenters. The van der Waals surface area contributed by atoms with Crippen molar-refractivity contribution in [3.8, 4) is 5.75 Å². The van der Waals surface area contributed by atoms with Gasteiger partial charge in [0, 0.05) is 55.1 Å². The van der Waals surface area contributed by atoms with Crippen LogP contribution in [-0.4, -0.2) is 61.5 Å². The van der Waals surface area contributed by atoms with Gasteiger partial charge in [0.05, 0.1) is 17.1 Å². The zero-order valence-electron chi connectivity index (χ0n) is 29.9. The molecule has 5 aromatic rings. The fourth-order valence-electron chi connectivity index (χ4n) is 7.68. The van der Waals surface area contributed by atoms with E-state index in [1.807, 2.05) is 54.2 Å². The molecule has 14 nitrogen and oxygen atoms in total. The SMILES string of the molecule is Cn1nc(C2CCC(=O)NC2=O)c2ccc(N3CCC(CC(=O)Nc4ccc5c(F)c(N6CC(=O)NS6(=O)=O)c(OCc6ccccc6)cc5c4)CC3)cc21. The number of anilines is 3. The highest BCUT2D eigenvalue weighted by Crippen LogP contribution is 2.41. The van der Waals surface area contributed by atoms with Crippen LogP contribution in [-0.2, 0) is 43.0 Å². The normalized spacial score (nSPS) is 18.8. The zero-order chi connectivity index (χ0) is 38.4. The number of carbonyl (C=O) groups is 4. The maximum absolute atomic E-state index is 16.2. The van der Waals surface area contributed by atoms with Crippen molar-refractivity contribution in [1.82, 2.24) is 19.8 Å². The maximum atomic E-state index is 16.2. The molecule has 0 bridgehead atoms. The topological polar surface area (TPSA) is 172 Å². The van der Waals surface area contributed by atoms with Gasteiger partial charge in [0.15, 0.2) is 5.82 Å². The number of fused-ring (bicyclic) bond motifs is 2. The van der Waals surface area contributed by atoms with Gasteiger partial charge in [-0.2, -0.15) is 13.5 Å². The van der Waals surface area contributed by atoms with Gasteiger partial charge < -0.3 is 15.0 Å².